The van der Waals surface area contributed by atoms with Gasteiger partial charge in [0.1, 0.15) is 17.4 Å². The summed E-state index contributed by atoms with van der Waals surface area (Å²) in [5.41, 5.74) is 3.41. The van der Waals surface area contributed by atoms with Gasteiger partial charge in [-0.05, 0) is 71.0 Å². The fourth-order valence-corrected chi connectivity index (χ4v) is 4.46. The molecule has 7 heteroatoms. The quantitative estimate of drug-likeness (QED) is 0.472. The van der Waals surface area contributed by atoms with Crippen molar-refractivity contribution in [3.63, 3.8) is 0 Å². The molecule has 0 unspecified atom stereocenters. The van der Waals surface area contributed by atoms with Crippen LogP contribution in [0.15, 0.2) is 66.7 Å². The highest BCUT2D eigenvalue weighted by Gasteiger charge is 2.32. The molecule has 1 N–H and O–H groups in total. The molecular weight excluding hydrogens is 462 g/mol. The van der Waals surface area contributed by atoms with Crippen molar-refractivity contribution in [1.29, 1.82) is 0 Å². The first-order chi connectivity index (χ1) is 17.3. The molecule has 0 aromatic heterocycles. The van der Waals surface area contributed by atoms with Gasteiger partial charge in [-0.1, -0.05) is 44.2 Å². The molecule has 0 spiro atoms. The van der Waals surface area contributed by atoms with Crippen molar-refractivity contribution in [3.05, 3.63) is 101 Å². The van der Waals surface area contributed by atoms with E-state index in [1.165, 1.54) is 24.3 Å². The van der Waals surface area contributed by atoms with E-state index in [9.17, 15) is 18.4 Å². The highest BCUT2D eigenvalue weighted by atomic mass is 19.1. The fraction of sp³-hybridized carbons (Fsp3) is 0.310. The van der Waals surface area contributed by atoms with E-state index in [4.69, 9.17) is 4.74 Å². The lowest BCUT2D eigenvalue weighted by atomic mass is 9.87. The molecule has 3 aromatic rings. The third-order valence-corrected chi connectivity index (χ3v) is 6.19. The van der Waals surface area contributed by atoms with Crippen LogP contribution in [0.4, 0.5) is 8.78 Å². The number of benzene rings is 3. The SMILES string of the molecule is CC(C)CC(=O)N1CCc2ccc(OCC(=O)NCc3ccc(F)cc3)cc2[C@H]1c1cccc(F)c1. The first-order valence-corrected chi connectivity index (χ1v) is 12.1. The summed E-state index contributed by atoms with van der Waals surface area (Å²) in [6.45, 7) is 4.62. The van der Waals surface area contributed by atoms with Crippen LogP contribution in [-0.4, -0.2) is 29.9 Å². The van der Waals surface area contributed by atoms with Crippen LogP contribution in [0.3, 0.4) is 0 Å². The summed E-state index contributed by atoms with van der Waals surface area (Å²) in [6.07, 6.45) is 1.09. The lowest BCUT2D eigenvalue weighted by Crippen LogP contribution is -2.41. The van der Waals surface area contributed by atoms with Gasteiger partial charge in [0.05, 0.1) is 6.04 Å². The van der Waals surface area contributed by atoms with Gasteiger partial charge in [-0.2, -0.15) is 0 Å². The normalized spacial score (nSPS) is 14.9. The molecular formula is C29H30F2N2O3. The van der Waals surface area contributed by atoms with Crippen LogP contribution in [0.1, 0.15) is 48.6 Å². The van der Waals surface area contributed by atoms with Gasteiger partial charge in [-0.25, -0.2) is 8.78 Å². The molecule has 1 heterocycles. The van der Waals surface area contributed by atoms with Crippen molar-refractivity contribution < 1.29 is 23.1 Å². The van der Waals surface area contributed by atoms with E-state index in [1.807, 2.05) is 36.9 Å². The number of amides is 2. The number of carbonyl (C=O) groups excluding carboxylic acids is 2. The topological polar surface area (TPSA) is 58.6 Å². The van der Waals surface area contributed by atoms with Gasteiger partial charge < -0.3 is 15.0 Å². The van der Waals surface area contributed by atoms with Crippen LogP contribution < -0.4 is 10.1 Å². The molecule has 0 saturated carbocycles. The predicted octanol–water partition coefficient (Wildman–Crippen LogP) is 5.18. The van der Waals surface area contributed by atoms with E-state index in [-0.39, 0.29) is 42.5 Å². The first kappa shape index (κ1) is 25.4. The minimum Gasteiger partial charge on any atom is -0.484 e. The molecule has 1 aliphatic rings. The molecule has 0 fully saturated rings. The molecule has 2 amide bonds. The van der Waals surface area contributed by atoms with Crippen molar-refractivity contribution in [2.24, 2.45) is 5.92 Å². The Kier molecular flexibility index (Phi) is 7.98. The molecule has 3 aromatic carbocycles. The number of rotatable bonds is 8. The summed E-state index contributed by atoms with van der Waals surface area (Å²) in [7, 11) is 0. The van der Waals surface area contributed by atoms with Crippen LogP contribution in [-0.2, 0) is 22.6 Å². The Morgan fingerprint density at radius 3 is 2.53 bits per heavy atom. The van der Waals surface area contributed by atoms with Crippen molar-refractivity contribution in [3.8, 4) is 5.75 Å². The second-order valence-corrected chi connectivity index (χ2v) is 9.45. The number of ether oxygens (including phenoxy) is 1. The summed E-state index contributed by atoms with van der Waals surface area (Å²) >= 11 is 0. The number of hydrogen-bond acceptors (Lipinski definition) is 3. The van der Waals surface area contributed by atoms with Gasteiger partial charge in [0, 0.05) is 19.5 Å². The highest BCUT2D eigenvalue weighted by Crippen LogP contribution is 2.38. The summed E-state index contributed by atoms with van der Waals surface area (Å²) in [6, 6.07) is 17.4. The van der Waals surface area contributed by atoms with Gasteiger partial charge in [-0.3, -0.25) is 9.59 Å². The molecule has 36 heavy (non-hydrogen) atoms. The third kappa shape index (κ3) is 6.27. The Morgan fingerprint density at radius 1 is 1.03 bits per heavy atom. The second kappa shape index (κ2) is 11.3. The van der Waals surface area contributed by atoms with Gasteiger partial charge in [0.15, 0.2) is 6.61 Å². The lowest BCUT2D eigenvalue weighted by Gasteiger charge is -2.38. The van der Waals surface area contributed by atoms with Gasteiger partial charge >= 0.3 is 0 Å². The zero-order chi connectivity index (χ0) is 25.7. The Bertz CT molecular complexity index is 1230. The Hall–Kier alpha value is -3.74. The van der Waals surface area contributed by atoms with Gasteiger partial charge in [0.25, 0.3) is 5.91 Å². The molecule has 188 valence electrons. The molecule has 0 aliphatic carbocycles. The summed E-state index contributed by atoms with van der Waals surface area (Å²) < 4.78 is 33.0. The zero-order valence-electron chi connectivity index (χ0n) is 20.5. The number of carbonyl (C=O) groups is 2. The van der Waals surface area contributed by atoms with E-state index in [1.54, 1.807) is 24.3 Å². The maximum Gasteiger partial charge on any atom is 0.258 e. The van der Waals surface area contributed by atoms with Crippen molar-refractivity contribution >= 4 is 11.8 Å². The first-order valence-electron chi connectivity index (χ1n) is 12.1. The number of fused-ring (bicyclic) bond motifs is 1. The van der Waals surface area contributed by atoms with E-state index in [2.05, 4.69) is 5.32 Å². The standard InChI is InChI=1S/C29H30F2N2O3/c1-19(2)14-28(35)33-13-12-21-8-11-25(16-26(21)29(33)22-4-3-5-24(31)15-22)36-18-27(34)32-17-20-6-9-23(30)10-7-20/h3-11,15-16,19,29H,12-14,17-18H2,1-2H3,(H,32,34)/t29-/m1/s1. The molecule has 0 saturated heterocycles. The number of nitrogens with zero attached hydrogens (tertiary/aromatic N) is 1. The zero-order valence-corrected chi connectivity index (χ0v) is 20.5. The largest absolute Gasteiger partial charge is 0.484 e. The average molecular weight is 493 g/mol. The molecule has 4 rings (SSSR count). The Morgan fingerprint density at radius 2 is 1.81 bits per heavy atom. The Labute approximate surface area is 210 Å². The molecule has 1 aliphatic heterocycles. The summed E-state index contributed by atoms with van der Waals surface area (Å²) in [5.74, 6) is -0.285. The van der Waals surface area contributed by atoms with Crippen LogP contribution in [0.25, 0.3) is 0 Å². The minimum atomic E-state index is -0.438. The van der Waals surface area contributed by atoms with Crippen molar-refractivity contribution in [2.75, 3.05) is 13.2 Å². The monoisotopic (exact) mass is 492 g/mol. The van der Waals surface area contributed by atoms with E-state index in [0.29, 0.717) is 30.7 Å². The average Bonchev–Trinajstić information content (AvgIpc) is 2.85. The maximum atomic E-state index is 14.1. The maximum absolute atomic E-state index is 14.1. The smallest absolute Gasteiger partial charge is 0.258 e. The van der Waals surface area contributed by atoms with E-state index in [0.717, 1.165) is 16.7 Å². The van der Waals surface area contributed by atoms with Crippen LogP contribution in [0.2, 0.25) is 0 Å². The van der Waals surface area contributed by atoms with Crippen LogP contribution >= 0.6 is 0 Å². The fourth-order valence-electron chi connectivity index (χ4n) is 4.46. The lowest BCUT2D eigenvalue weighted by molar-refractivity contribution is -0.134. The van der Waals surface area contributed by atoms with Crippen molar-refractivity contribution in [1.82, 2.24) is 10.2 Å². The number of nitrogens with one attached hydrogen (secondary N) is 1. The predicted molar refractivity (Wildman–Crippen MR) is 133 cm³/mol. The number of hydrogen-bond donors (Lipinski definition) is 1. The second-order valence-electron chi connectivity index (χ2n) is 9.45. The number of halogens is 2. The highest BCUT2D eigenvalue weighted by molar-refractivity contribution is 5.78. The molecule has 0 radical (unpaired) electrons. The van der Waals surface area contributed by atoms with Crippen LogP contribution in [0.5, 0.6) is 5.75 Å². The molecule has 5 nitrogen and oxygen atoms in total. The van der Waals surface area contributed by atoms with E-state index >= 15 is 0 Å². The Balaban J connectivity index is 1.51. The van der Waals surface area contributed by atoms with Crippen LogP contribution in [0, 0.1) is 17.6 Å². The summed E-state index contributed by atoms with van der Waals surface area (Å²) in [4.78, 5) is 27.2. The third-order valence-electron chi connectivity index (χ3n) is 6.19. The molecule has 0 bridgehead atoms. The van der Waals surface area contributed by atoms with Gasteiger partial charge in [0.2, 0.25) is 5.91 Å². The summed E-state index contributed by atoms with van der Waals surface area (Å²) in [5, 5.41) is 2.75. The van der Waals surface area contributed by atoms with E-state index < -0.39 is 6.04 Å². The van der Waals surface area contributed by atoms with Crippen molar-refractivity contribution in [2.45, 2.75) is 39.3 Å². The molecule has 1 atom stereocenters. The van der Waals surface area contributed by atoms with Gasteiger partial charge in [-0.15, -0.1) is 0 Å². The minimum absolute atomic E-state index is 0.0244.